The largest absolute Gasteiger partial charge is 0.373 e. The van der Waals surface area contributed by atoms with Crippen LogP contribution in [0.5, 0.6) is 0 Å². The van der Waals surface area contributed by atoms with Crippen molar-refractivity contribution >= 4 is 89.8 Å². The number of ether oxygens (including phenoxy) is 1. The van der Waals surface area contributed by atoms with E-state index in [1.165, 1.54) is 110 Å². The third kappa shape index (κ3) is 26.7. The lowest BCUT2D eigenvalue weighted by Gasteiger charge is -2.13. The second-order valence-electron chi connectivity index (χ2n) is 29.7. The van der Waals surface area contributed by atoms with Gasteiger partial charge in [-0.05, 0) is 195 Å². The van der Waals surface area contributed by atoms with Gasteiger partial charge in [-0.1, -0.05) is 24.3 Å². The van der Waals surface area contributed by atoms with Crippen molar-refractivity contribution in [2.75, 3.05) is 13.2 Å². The molecule has 0 unspecified atom stereocenters. The second-order valence-corrected chi connectivity index (χ2v) is 29.7. The number of fused-ring (bicyclic) bond motifs is 13. The molecule has 0 saturated carbocycles. The summed E-state index contributed by atoms with van der Waals surface area (Å²) in [4.78, 5) is 76.4. The molecule has 1 N–H and O–H groups in total. The molecule has 0 amide bonds. The van der Waals surface area contributed by atoms with Crippen LogP contribution < -0.4 is 0 Å². The number of nitrogens with one attached hydrogen (secondary N) is 1. The van der Waals surface area contributed by atoms with E-state index in [9.17, 15) is 0 Å². The number of hydrogen-bond donors (Lipinski definition) is 1. The molecule has 0 spiro atoms. The number of rotatable bonds is 0. The molecule has 26 heterocycles. The molecular weight excluding hydrogens is 1630 g/mol. The highest BCUT2D eigenvalue weighted by Gasteiger charge is 2.14. The number of nitrogens with zero attached hydrogens (tertiary/aromatic N) is 29. The Kier molecular flexibility index (Phi) is 33.0. The van der Waals surface area contributed by atoms with Gasteiger partial charge in [0.15, 0.2) is 5.65 Å². The number of aromatic amines is 1. The normalized spacial score (nSPS) is 13.1. The van der Waals surface area contributed by atoms with E-state index in [-0.39, 0.29) is 0 Å². The SMILES string of the molecule is C1=NCC2=C1CCCC2.C1=NCc2ccncc21.C1=NCc2cnccc21.c1cc2ccncc2cn1.c1cc2cnccc2cn1.c1cc2n(n1)CCCC2.c1ccc2[nH]ncc2c1.c1cnc2ccncc2c1.c1cnc2cnccc2c1.c1cnc2nccn2c1.c1cnn2ccnc2c1.c1cnn2cncc2c1.c1ncn2c1CCCC2.c1ncn2c1COCC2. The first kappa shape index (κ1) is 88.3. The highest BCUT2D eigenvalue weighted by molar-refractivity contribution is 5.85. The molecule has 6 aliphatic heterocycles. The second kappa shape index (κ2) is 48.6. The lowest BCUT2D eigenvalue weighted by Crippen LogP contribution is -2.14. The number of para-hydroxylation sites is 1. The number of imidazole rings is 5. The monoisotopic (exact) mass is 1720 g/mol. The fourth-order valence-corrected chi connectivity index (χ4v) is 14.0. The average molecular weight is 1720 g/mol. The van der Waals surface area contributed by atoms with Crippen LogP contribution in [0.3, 0.4) is 0 Å². The van der Waals surface area contributed by atoms with Crippen molar-refractivity contribution in [2.24, 2.45) is 15.0 Å². The Morgan fingerprint density at radius 3 is 1.68 bits per heavy atom. The van der Waals surface area contributed by atoms with Gasteiger partial charge >= 0.3 is 0 Å². The van der Waals surface area contributed by atoms with Gasteiger partial charge in [0.1, 0.15) is 6.33 Å². The van der Waals surface area contributed by atoms with E-state index >= 15 is 0 Å². The van der Waals surface area contributed by atoms with Gasteiger partial charge < -0.3 is 13.9 Å². The predicted molar refractivity (Wildman–Crippen MR) is 505 cm³/mol. The number of benzene rings is 1. The van der Waals surface area contributed by atoms with E-state index < -0.39 is 0 Å². The number of aromatic nitrogens is 27. The zero-order valence-electron chi connectivity index (χ0n) is 71.7. The Morgan fingerprint density at radius 2 is 0.938 bits per heavy atom. The maximum Gasteiger partial charge on any atom is 0.233 e. The van der Waals surface area contributed by atoms with Crippen molar-refractivity contribution in [3.05, 3.63) is 395 Å². The van der Waals surface area contributed by atoms with Crippen molar-refractivity contribution < 1.29 is 4.74 Å². The van der Waals surface area contributed by atoms with Gasteiger partial charge in [-0.3, -0.25) is 79.0 Å². The van der Waals surface area contributed by atoms with Gasteiger partial charge in [-0.2, -0.15) is 20.4 Å². The van der Waals surface area contributed by atoms with Crippen LogP contribution in [0.15, 0.2) is 371 Å². The topological polar surface area (TPSA) is 348 Å². The van der Waals surface area contributed by atoms with Gasteiger partial charge in [-0.25, -0.2) is 38.9 Å². The summed E-state index contributed by atoms with van der Waals surface area (Å²) in [5, 5.41) is 26.8. The van der Waals surface area contributed by atoms with Crippen molar-refractivity contribution in [3.63, 3.8) is 0 Å². The first-order valence-electron chi connectivity index (χ1n) is 42.8. The standard InChI is InChI=1S/4C8H6N2.C8H11N.2C7H6N2.2C7H10N2.C7H6N2.3C6H5N3.C6H8N2O/c1-3-9-6-8-2-4-10-5-7(1)8;1-3-9-5-8-6-10-4-2-7(1)8;1-2-7-6-9-5-3-8(7)10-4-1;1-2-7-3-5-9-6-8(7)10-4-1;1-2-4-8-6-9-5-7(8)3-1;2*1-2-8-4-7-5-9-3-6(1)7;1-2-6-9-7(3-1)4-5-8-9;1-2-4-9-6-8-5-7(9)3-1;1-2-4-7-6(3-1)5-8-9-7;1-2-7-6-8-3-5-9(6)4-1;1-2-6-4-7-5-9(6)8-3-1;1-2-6-7-4-5-9(6)8-3-1;1-2-9-4-6-3-7-5-8(1)6/h4*1-6H;5H,1-4,6H2;1-2,4-5H,3H2;1-4H,5H2;4-5H,1-3,6H2;5-6H,1-4H2;1-5H,(H,8,9);3*1-5H;3,5H,1-2,4H2. The van der Waals surface area contributed by atoms with Crippen LogP contribution in [0.1, 0.15) is 90.7 Å². The fraction of sp³-hybridized carbons (Fsp3) is 0.182. The Balaban J connectivity index is 0.000000107. The quantitative estimate of drug-likeness (QED) is 0.147. The van der Waals surface area contributed by atoms with Crippen molar-refractivity contribution in [1.29, 1.82) is 0 Å². The maximum absolute atomic E-state index is 5.19. The Labute approximate surface area is 749 Å². The molecule has 1 aromatic carbocycles. The lowest BCUT2D eigenvalue weighted by molar-refractivity contribution is 0.0850. The van der Waals surface area contributed by atoms with Crippen LogP contribution in [0.4, 0.5) is 0 Å². The Bertz CT molecular complexity index is 5950. The van der Waals surface area contributed by atoms with Gasteiger partial charge in [-0.15, -0.1) is 0 Å². The smallest absolute Gasteiger partial charge is 0.233 e. The van der Waals surface area contributed by atoms with Gasteiger partial charge in [0, 0.05) is 266 Å². The minimum atomic E-state index is 0.722. The third-order valence-electron chi connectivity index (χ3n) is 20.9. The fourth-order valence-electron chi connectivity index (χ4n) is 14.0. The number of H-pyrrole nitrogens is 1. The minimum absolute atomic E-state index is 0.722. The summed E-state index contributed by atoms with van der Waals surface area (Å²) in [5.74, 6) is 0.748. The van der Waals surface area contributed by atoms with Gasteiger partial charge in [0.2, 0.25) is 5.78 Å². The van der Waals surface area contributed by atoms with Crippen LogP contribution in [0, 0.1) is 0 Å². The molecule has 21 aromatic rings. The molecule has 130 heavy (non-hydrogen) atoms. The lowest BCUT2D eigenvalue weighted by atomic mass is 9.94. The molecule has 28 rings (SSSR count). The van der Waals surface area contributed by atoms with Crippen LogP contribution in [0.25, 0.3) is 71.2 Å². The zero-order chi connectivity index (χ0) is 88.3. The highest BCUT2D eigenvalue weighted by Crippen LogP contribution is 2.27. The summed E-state index contributed by atoms with van der Waals surface area (Å²) < 4.78 is 17.0. The van der Waals surface area contributed by atoms with Crippen molar-refractivity contribution in [3.8, 4) is 0 Å². The van der Waals surface area contributed by atoms with Crippen LogP contribution in [-0.4, -0.2) is 164 Å². The van der Waals surface area contributed by atoms with E-state index in [1.807, 2.05) is 244 Å². The number of aryl methyl sites for hydroxylation is 4. The Morgan fingerprint density at radius 1 is 0.323 bits per heavy atom. The molecule has 0 fully saturated rings. The summed E-state index contributed by atoms with van der Waals surface area (Å²) in [6, 6.07) is 43.1. The van der Waals surface area contributed by atoms with Crippen LogP contribution in [0.2, 0.25) is 0 Å². The summed E-state index contributed by atoms with van der Waals surface area (Å²) in [7, 11) is 0. The van der Waals surface area contributed by atoms with E-state index in [1.54, 1.807) is 132 Å². The molecule has 648 valence electrons. The van der Waals surface area contributed by atoms with Crippen molar-refractivity contribution in [2.45, 2.75) is 104 Å². The molecule has 1 aliphatic carbocycles. The number of allylic oxidation sites excluding steroid dienone is 1. The van der Waals surface area contributed by atoms with E-state index in [0.29, 0.717) is 0 Å². The number of pyridine rings is 10. The summed E-state index contributed by atoms with van der Waals surface area (Å²) in [6.07, 6.45) is 80.2. The first-order chi connectivity index (χ1) is 64.5. The maximum atomic E-state index is 5.19. The van der Waals surface area contributed by atoms with Gasteiger partial charge in [0.05, 0.1) is 98.1 Å². The van der Waals surface area contributed by atoms with Crippen LogP contribution in [-0.2, 0) is 56.9 Å². The molecule has 0 saturated heterocycles. The summed E-state index contributed by atoms with van der Waals surface area (Å²) in [6.45, 7) is 7.45. The highest BCUT2D eigenvalue weighted by atomic mass is 16.5. The van der Waals surface area contributed by atoms with E-state index in [4.69, 9.17) is 4.74 Å². The summed E-state index contributed by atoms with van der Waals surface area (Å²) in [5.41, 5.74) is 17.0. The summed E-state index contributed by atoms with van der Waals surface area (Å²) >= 11 is 0. The molecule has 0 bridgehead atoms. The zero-order valence-corrected chi connectivity index (χ0v) is 71.7. The average Bonchev–Trinajstić information content (AvgIpc) is 1.71. The molecule has 7 aliphatic rings. The molecule has 0 radical (unpaired) electrons. The first-order valence-corrected chi connectivity index (χ1v) is 42.8. The predicted octanol–water partition coefficient (Wildman–Crippen LogP) is 17.1. The number of hydrogen-bond acceptors (Lipinski definition) is 24. The van der Waals surface area contributed by atoms with E-state index in [0.717, 1.165) is 117 Å². The number of aliphatic imine (C=N–C) groups is 3. The van der Waals surface area contributed by atoms with E-state index in [2.05, 4.69) is 146 Å². The Hall–Kier alpha value is -16.6. The molecule has 31 nitrogen and oxygen atoms in total. The minimum Gasteiger partial charge on any atom is -0.373 e. The third-order valence-corrected chi connectivity index (χ3v) is 20.9. The van der Waals surface area contributed by atoms with Gasteiger partial charge in [0.25, 0.3) is 0 Å². The molecule has 20 aromatic heterocycles. The molecular formula is C99H96N30O. The molecule has 31 heteroatoms. The molecule has 0 atom stereocenters. The van der Waals surface area contributed by atoms with Crippen molar-refractivity contribution in [1.82, 2.24) is 132 Å². The van der Waals surface area contributed by atoms with Crippen LogP contribution >= 0.6 is 0 Å².